The van der Waals surface area contributed by atoms with Crippen molar-refractivity contribution in [3.05, 3.63) is 29.8 Å². The highest BCUT2D eigenvalue weighted by atomic mass is 16.5. The molecule has 1 N–H and O–H groups in total. The second-order valence-electron chi connectivity index (χ2n) is 4.98. The van der Waals surface area contributed by atoms with E-state index < -0.39 is 0 Å². The summed E-state index contributed by atoms with van der Waals surface area (Å²) in [5.41, 5.74) is 0.872. The summed E-state index contributed by atoms with van der Waals surface area (Å²) in [4.78, 5) is 0. The van der Waals surface area contributed by atoms with Crippen molar-refractivity contribution in [3.8, 4) is 17.6 Å². The lowest BCUT2D eigenvalue weighted by molar-refractivity contribution is 0.0957. The van der Waals surface area contributed by atoms with Gasteiger partial charge in [0.15, 0.2) is 0 Å². The summed E-state index contributed by atoms with van der Waals surface area (Å²) in [5.74, 6) is 7.00. The number of aliphatic hydroxyl groups excluding tert-OH is 1. The van der Waals surface area contributed by atoms with Crippen LogP contribution in [0.5, 0.6) is 5.75 Å². The molecule has 3 heteroatoms. The number of hydrogen-bond donors (Lipinski definition) is 1. The third-order valence-corrected chi connectivity index (χ3v) is 2.73. The second-order valence-corrected chi connectivity index (χ2v) is 4.98. The molecule has 0 fully saturated rings. The molecule has 0 saturated carbocycles. The van der Waals surface area contributed by atoms with Crippen molar-refractivity contribution in [2.45, 2.75) is 26.7 Å². The van der Waals surface area contributed by atoms with Gasteiger partial charge in [0.25, 0.3) is 0 Å². The third-order valence-electron chi connectivity index (χ3n) is 2.73. The minimum absolute atomic E-state index is 0.119. The molecule has 0 radical (unpaired) electrons. The summed E-state index contributed by atoms with van der Waals surface area (Å²) in [6, 6.07) is 7.50. The average Bonchev–Trinajstić information content (AvgIpc) is 2.45. The van der Waals surface area contributed by atoms with Crippen molar-refractivity contribution in [2.75, 3.05) is 26.4 Å². The van der Waals surface area contributed by atoms with Crippen LogP contribution in [0.1, 0.15) is 32.3 Å². The van der Waals surface area contributed by atoms with Crippen LogP contribution in [0, 0.1) is 17.8 Å². The zero-order valence-electron chi connectivity index (χ0n) is 12.4. The standard InChI is InChI=1S/C17H24O3/c1-15(2)5-4-12-19-13-14-20-17-9-7-16(8-10-17)6-3-11-18/h7-10,15,18H,4-5,11-14H2,1-2H3. The first-order chi connectivity index (χ1) is 9.72. The Labute approximate surface area is 121 Å². The van der Waals surface area contributed by atoms with Crippen molar-refractivity contribution >= 4 is 0 Å². The zero-order chi connectivity index (χ0) is 14.6. The fourth-order valence-corrected chi connectivity index (χ4v) is 1.69. The maximum atomic E-state index is 8.61. The summed E-state index contributed by atoms with van der Waals surface area (Å²) >= 11 is 0. The molecule has 0 aliphatic heterocycles. The average molecular weight is 276 g/mol. The second kappa shape index (κ2) is 10.3. The summed E-state index contributed by atoms with van der Waals surface area (Å²) in [6.45, 7) is 6.30. The topological polar surface area (TPSA) is 38.7 Å². The van der Waals surface area contributed by atoms with Crippen molar-refractivity contribution in [1.29, 1.82) is 0 Å². The Morgan fingerprint density at radius 1 is 1.10 bits per heavy atom. The fraction of sp³-hybridized carbons (Fsp3) is 0.529. The van der Waals surface area contributed by atoms with Gasteiger partial charge in [-0.3, -0.25) is 0 Å². The molecule has 0 atom stereocenters. The first-order valence-corrected chi connectivity index (χ1v) is 7.12. The molecule has 0 aliphatic rings. The Kier molecular flexibility index (Phi) is 8.53. The molecule has 0 amide bonds. The Morgan fingerprint density at radius 3 is 2.50 bits per heavy atom. The first-order valence-electron chi connectivity index (χ1n) is 7.12. The van der Waals surface area contributed by atoms with Gasteiger partial charge in [-0.2, -0.15) is 0 Å². The van der Waals surface area contributed by atoms with Crippen LogP contribution in [0.3, 0.4) is 0 Å². The molecule has 1 aromatic carbocycles. The molecule has 3 nitrogen and oxygen atoms in total. The van der Waals surface area contributed by atoms with E-state index >= 15 is 0 Å². The van der Waals surface area contributed by atoms with Crippen LogP contribution in [-0.4, -0.2) is 31.5 Å². The van der Waals surface area contributed by atoms with Crippen LogP contribution < -0.4 is 4.74 Å². The maximum absolute atomic E-state index is 8.61. The number of benzene rings is 1. The van der Waals surface area contributed by atoms with Gasteiger partial charge < -0.3 is 14.6 Å². The van der Waals surface area contributed by atoms with Crippen molar-refractivity contribution < 1.29 is 14.6 Å². The van der Waals surface area contributed by atoms with Crippen molar-refractivity contribution in [2.24, 2.45) is 5.92 Å². The lowest BCUT2D eigenvalue weighted by Crippen LogP contribution is -2.07. The number of aliphatic hydroxyl groups is 1. The molecule has 0 aliphatic carbocycles. The van der Waals surface area contributed by atoms with E-state index in [0.717, 1.165) is 30.3 Å². The van der Waals surface area contributed by atoms with Crippen LogP contribution in [0.2, 0.25) is 0 Å². The quantitative estimate of drug-likeness (QED) is 0.586. The molecule has 0 spiro atoms. The van der Waals surface area contributed by atoms with E-state index in [1.54, 1.807) is 0 Å². The van der Waals surface area contributed by atoms with Crippen LogP contribution in [-0.2, 0) is 4.74 Å². The van der Waals surface area contributed by atoms with E-state index in [1.165, 1.54) is 6.42 Å². The van der Waals surface area contributed by atoms with Gasteiger partial charge in [-0.1, -0.05) is 25.7 Å². The maximum Gasteiger partial charge on any atom is 0.119 e. The summed E-state index contributed by atoms with van der Waals surface area (Å²) in [7, 11) is 0. The fourth-order valence-electron chi connectivity index (χ4n) is 1.69. The molecular weight excluding hydrogens is 252 g/mol. The van der Waals surface area contributed by atoms with E-state index in [1.807, 2.05) is 24.3 Å². The van der Waals surface area contributed by atoms with Crippen molar-refractivity contribution in [3.63, 3.8) is 0 Å². The normalized spacial score (nSPS) is 10.2. The van der Waals surface area contributed by atoms with Gasteiger partial charge in [0.2, 0.25) is 0 Å². The lowest BCUT2D eigenvalue weighted by atomic mass is 10.1. The van der Waals surface area contributed by atoms with Gasteiger partial charge in [0.05, 0.1) is 6.61 Å². The highest BCUT2D eigenvalue weighted by molar-refractivity contribution is 5.38. The van der Waals surface area contributed by atoms with Crippen LogP contribution in [0.15, 0.2) is 24.3 Å². The van der Waals surface area contributed by atoms with Crippen LogP contribution in [0.4, 0.5) is 0 Å². The molecule has 20 heavy (non-hydrogen) atoms. The molecule has 0 aromatic heterocycles. The zero-order valence-corrected chi connectivity index (χ0v) is 12.4. The number of rotatable bonds is 8. The Hall–Kier alpha value is -1.50. The minimum Gasteiger partial charge on any atom is -0.491 e. The highest BCUT2D eigenvalue weighted by Gasteiger charge is 1.96. The van der Waals surface area contributed by atoms with E-state index in [2.05, 4.69) is 25.7 Å². The van der Waals surface area contributed by atoms with E-state index in [4.69, 9.17) is 14.6 Å². The molecule has 0 unspecified atom stereocenters. The monoisotopic (exact) mass is 276 g/mol. The third kappa shape index (κ3) is 7.83. The molecule has 1 rings (SSSR count). The molecule has 110 valence electrons. The van der Waals surface area contributed by atoms with Crippen molar-refractivity contribution in [1.82, 2.24) is 0 Å². The molecular formula is C17H24O3. The first kappa shape index (κ1) is 16.6. The number of hydrogen-bond acceptors (Lipinski definition) is 3. The Morgan fingerprint density at radius 2 is 1.85 bits per heavy atom. The smallest absolute Gasteiger partial charge is 0.119 e. The Bertz CT molecular complexity index is 412. The lowest BCUT2D eigenvalue weighted by Gasteiger charge is -2.08. The minimum atomic E-state index is -0.119. The van der Waals surface area contributed by atoms with Gasteiger partial charge in [-0.05, 0) is 43.0 Å². The predicted octanol–water partition coefficient (Wildman–Crippen LogP) is 2.86. The van der Waals surface area contributed by atoms with E-state index in [0.29, 0.717) is 13.2 Å². The van der Waals surface area contributed by atoms with Gasteiger partial charge in [0.1, 0.15) is 19.0 Å². The number of ether oxygens (including phenoxy) is 2. The van der Waals surface area contributed by atoms with Crippen LogP contribution >= 0.6 is 0 Å². The molecule has 0 heterocycles. The van der Waals surface area contributed by atoms with Gasteiger partial charge in [-0.25, -0.2) is 0 Å². The van der Waals surface area contributed by atoms with Crippen LogP contribution in [0.25, 0.3) is 0 Å². The summed E-state index contributed by atoms with van der Waals surface area (Å²) < 4.78 is 11.1. The Balaban J connectivity index is 2.13. The molecule has 0 saturated heterocycles. The summed E-state index contributed by atoms with van der Waals surface area (Å²) in [6.07, 6.45) is 2.31. The SMILES string of the molecule is CC(C)CCCOCCOc1ccc(C#CCO)cc1. The predicted molar refractivity (Wildman–Crippen MR) is 80.8 cm³/mol. The highest BCUT2D eigenvalue weighted by Crippen LogP contribution is 2.11. The molecule has 1 aromatic rings. The van der Waals surface area contributed by atoms with Gasteiger partial charge in [0, 0.05) is 12.2 Å². The summed E-state index contributed by atoms with van der Waals surface area (Å²) in [5, 5.41) is 8.61. The van der Waals surface area contributed by atoms with E-state index in [9.17, 15) is 0 Å². The van der Waals surface area contributed by atoms with Gasteiger partial charge >= 0.3 is 0 Å². The molecule has 0 bridgehead atoms. The van der Waals surface area contributed by atoms with E-state index in [-0.39, 0.29) is 6.61 Å². The largest absolute Gasteiger partial charge is 0.491 e. The van der Waals surface area contributed by atoms with Gasteiger partial charge in [-0.15, -0.1) is 0 Å².